The van der Waals surface area contributed by atoms with Crippen LogP contribution in [0.3, 0.4) is 0 Å². The number of amides is 1. The minimum Gasteiger partial charge on any atom is -0.337 e. The molecule has 1 saturated heterocycles. The molecule has 1 fully saturated rings. The Balaban J connectivity index is 1.90. The van der Waals surface area contributed by atoms with Gasteiger partial charge in [-0.15, -0.1) is 0 Å². The van der Waals surface area contributed by atoms with Crippen molar-refractivity contribution in [2.75, 3.05) is 13.1 Å². The number of nitrogens with zero attached hydrogens (tertiary/aromatic N) is 4. The second-order valence-electron chi connectivity index (χ2n) is 7.37. The Morgan fingerprint density at radius 1 is 1.03 bits per heavy atom. The fourth-order valence-corrected chi connectivity index (χ4v) is 3.51. The average Bonchev–Trinajstić information content (AvgIpc) is 3.28. The van der Waals surface area contributed by atoms with Crippen molar-refractivity contribution in [2.24, 2.45) is 0 Å². The second-order valence-corrected chi connectivity index (χ2v) is 7.37. The van der Waals surface area contributed by atoms with E-state index in [9.17, 15) is 18.8 Å². The highest BCUT2D eigenvalue weighted by molar-refractivity contribution is 5.92. The van der Waals surface area contributed by atoms with Crippen LogP contribution < -0.4 is 11.2 Å². The van der Waals surface area contributed by atoms with Crippen molar-refractivity contribution in [3.8, 4) is 5.69 Å². The molecule has 2 heterocycles. The predicted octanol–water partition coefficient (Wildman–Crippen LogP) is 2.13. The first-order chi connectivity index (χ1) is 14.5. The van der Waals surface area contributed by atoms with Gasteiger partial charge in [0.25, 0.3) is 11.5 Å². The highest BCUT2D eigenvalue weighted by atomic mass is 19.1. The lowest BCUT2D eigenvalue weighted by molar-refractivity contribution is 0.0781. The number of benzene rings is 2. The SMILES string of the molecule is Cc1ccc(Cn2c(=O)c(C(=O)N3CCCC3)nn(-c3ccccc3F)c2=O)cc1. The molecule has 0 spiro atoms. The lowest BCUT2D eigenvalue weighted by Gasteiger charge is -2.17. The molecule has 0 radical (unpaired) electrons. The van der Waals surface area contributed by atoms with Crippen molar-refractivity contribution in [3.05, 3.63) is 92.0 Å². The van der Waals surface area contributed by atoms with Gasteiger partial charge >= 0.3 is 5.69 Å². The smallest absolute Gasteiger partial charge is 0.337 e. The zero-order chi connectivity index (χ0) is 21.3. The Kier molecular flexibility index (Phi) is 5.31. The predicted molar refractivity (Wildman–Crippen MR) is 109 cm³/mol. The summed E-state index contributed by atoms with van der Waals surface area (Å²) in [4.78, 5) is 40.6. The summed E-state index contributed by atoms with van der Waals surface area (Å²) >= 11 is 0. The Labute approximate surface area is 172 Å². The number of likely N-dealkylation sites (tertiary alicyclic amines) is 1. The zero-order valence-corrected chi connectivity index (χ0v) is 16.5. The molecule has 1 aliphatic rings. The topological polar surface area (TPSA) is 77.2 Å². The number of hydrogen-bond acceptors (Lipinski definition) is 4. The van der Waals surface area contributed by atoms with E-state index in [4.69, 9.17) is 0 Å². The highest BCUT2D eigenvalue weighted by Crippen LogP contribution is 2.12. The fraction of sp³-hybridized carbons (Fsp3) is 0.273. The van der Waals surface area contributed by atoms with Crippen molar-refractivity contribution in [1.29, 1.82) is 0 Å². The minimum absolute atomic E-state index is 0.0464. The summed E-state index contributed by atoms with van der Waals surface area (Å²) in [6, 6.07) is 13.0. The van der Waals surface area contributed by atoms with Crippen LogP contribution >= 0.6 is 0 Å². The number of carbonyl (C=O) groups excluding carboxylic acids is 1. The lowest BCUT2D eigenvalue weighted by atomic mass is 10.1. The zero-order valence-electron chi connectivity index (χ0n) is 16.5. The van der Waals surface area contributed by atoms with Crippen LogP contribution in [0.25, 0.3) is 5.69 Å². The van der Waals surface area contributed by atoms with Crippen LogP contribution in [0.2, 0.25) is 0 Å². The Hall–Kier alpha value is -3.55. The van der Waals surface area contributed by atoms with Crippen molar-refractivity contribution in [3.63, 3.8) is 0 Å². The molecule has 0 N–H and O–H groups in total. The molecule has 2 aromatic carbocycles. The molecule has 7 nitrogen and oxygen atoms in total. The number of carbonyl (C=O) groups is 1. The van der Waals surface area contributed by atoms with Crippen molar-refractivity contribution < 1.29 is 9.18 Å². The first-order valence-corrected chi connectivity index (χ1v) is 9.79. The minimum atomic E-state index is -0.802. The molecule has 4 rings (SSSR count). The van der Waals surface area contributed by atoms with Gasteiger partial charge < -0.3 is 4.90 Å². The first kappa shape index (κ1) is 19.8. The largest absolute Gasteiger partial charge is 0.352 e. The van der Waals surface area contributed by atoms with E-state index in [1.807, 2.05) is 19.1 Å². The monoisotopic (exact) mass is 408 g/mol. The van der Waals surface area contributed by atoms with Gasteiger partial charge in [0.15, 0.2) is 0 Å². The van der Waals surface area contributed by atoms with Gasteiger partial charge in [0, 0.05) is 13.1 Å². The van der Waals surface area contributed by atoms with E-state index in [-0.39, 0.29) is 17.9 Å². The summed E-state index contributed by atoms with van der Waals surface area (Å²) in [5.74, 6) is -1.22. The van der Waals surface area contributed by atoms with Gasteiger partial charge in [0.1, 0.15) is 11.5 Å². The standard InChI is InChI=1S/C22H21FN4O3/c1-15-8-10-16(11-9-15)14-26-21(29)19(20(28)25-12-4-5-13-25)24-27(22(26)30)18-7-3-2-6-17(18)23/h2-3,6-11H,4-5,12-14H2,1H3. The summed E-state index contributed by atoms with van der Waals surface area (Å²) in [6.45, 7) is 2.93. The maximum atomic E-state index is 14.4. The van der Waals surface area contributed by atoms with Crippen LogP contribution in [0.4, 0.5) is 4.39 Å². The second kappa shape index (κ2) is 8.06. The molecular formula is C22H21FN4O3. The molecule has 154 valence electrons. The van der Waals surface area contributed by atoms with Crippen LogP contribution in [0.15, 0.2) is 58.1 Å². The van der Waals surface area contributed by atoms with Gasteiger partial charge in [-0.3, -0.25) is 14.2 Å². The quantitative estimate of drug-likeness (QED) is 0.663. The summed E-state index contributed by atoms with van der Waals surface area (Å²) in [5.41, 5.74) is -0.323. The Morgan fingerprint density at radius 3 is 2.37 bits per heavy atom. The lowest BCUT2D eigenvalue weighted by Crippen LogP contribution is -2.46. The summed E-state index contributed by atoms with van der Waals surface area (Å²) in [6.07, 6.45) is 1.69. The van der Waals surface area contributed by atoms with Gasteiger partial charge in [0.2, 0.25) is 5.69 Å². The molecule has 0 aliphatic carbocycles. The van der Waals surface area contributed by atoms with Crippen LogP contribution in [0, 0.1) is 12.7 Å². The first-order valence-electron chi connectivity index (χ1n) is 9.79. The Bertz CT molecular complexity index is 1210. The molecule has 0 saturated carbocycles. The summed E-state index contributed by atoms with van der Waals surface area (Å²) in [7, 11) is 0. The maximum Gasteiger partial charge on any atom is 0.352 e. The number of halogens is 1. The van der Waals surface area contributed by atoms with E-state index in [2.05, 4.69) is 5.10 Å². The van der Waals surface area contributed by atoms with Crippen molar-refractivity contribution in [2.45, 2.75) is 26.3 Å². The average molecular weight is 408 g/mol. The molecular weight excluding hydrogens is 387 g/mol. The molecule has 3 aromatic rings. The number of aryl methyl sites for hydroxylation is 1. The third-order valence-corrected chi connectivity index (χ3v) is 5.20. The molecule has 1 aromatic heterocycles. The normalized spacial score (nSPS) is 13.6. The van der Waals surface area contributed by atoms with Gasteiger partial charge in [-0.25, -0.2) is 9.18 Å². The number of rotatable bonds is 4. The van der Waals surface area contributed by atoms with Crippen LogP contribution in [0.1, 0.15) is 34.5 Å². The number of para-hydroxylation sites is 1. The van der Waals surface area contributed by atoms with E-state index < -0.39 is 23.0 Å². The fourth-order valence-electron chi connectivity index (χ4n) is 3.51. The van der Waals surface area contributed by atoms with E-state index in [1.165, 1.54) is 23.1 Å². The van der Waals surface area contributed by atoms with Gasteiger partial charge in [-0.2, -0.15) is 9.78 Å². The van der Waals surface area contributed by atoms with Crippen molar-refractivity contribution >= 4 is 5.91 Å². The third-order valence-electron chi connectivity index (χ3n) is 5.20. The maximum absolute atomic E-state index is 14.4. The molecule has 8 heteroatoms. The van der Waals surface area contributed by atoms with E-state index >= 15 is 0 Å². The van der Waals surface area contributed by atoms with Gasteiger partial charge in [-0.05, 0) is 37.5 Å². The Morgan fingerprint density at radius 2 is 1.70 bits per heavy atom. The van der Waals surface area contributed by atoms with Crippen molar-refractivity contribution in [1.82, 2.24) is 19.2 Å². The highest BCUT2D eigenvalue weighted by Gasteiger charge is 2.27. The molecule has 0 unspecified atom stereocenters. The summed E-state index contributed by atoms with van der Waals surface area (Å²) in [5, 5.41) is 4.00. The number of aromatic nitrogens is 3. The van der Waals surface area contributed by atoms with E-state index in [0.29, 0.717) is 18.7 Å². The van der Waals surface area contributed by atoms with Gasteiger partial charge in [0.05, 0.1) is 6.54 Å². The van der Waals surface area contributed by atoms with Crippen LogP contribution in [-0.4, -0.2) is 38.2 Å². The number of hydrogen-bond donors (Lipinski definition) is 0. The van der Waals surface area contributed by atoms with Crippen LogP contribution in [-0.2, 0) is 6.54 Å². The molecule has 0 bridgehead atoms. The van der Waals surface area contributed by atoms with Crippen LogP contribution in [0.5, 0.6) is 0 Å². The molecule has 0 atom stereocenters. The van der Waals surface area contributed by atoms with E-state index in [1.54, 1.807) is 18.2 Å². The molecule has 1 aliphatic heterocycles. The molecule has 1 amide bonds. The van der Waals surface area contributed by atoms with E-state index in [0.717, 1.165) is 27.7 Å². The summed E-state index contributed by atoms with van der Waals surface area (Å²) < 4.78 is 16.1. The van der Waals surface area contributed by atoms with Gasteiger partial charge in [-0.1, -0.05) is 42.0 Å². The molecule has 30 heavy (non-hydrogen) atoms. The third kappa shape index (κ3) is 3.68.